The molecule has 3 nitrogen and oxygen atoms in total. The van der Waals surface area contributed by atoms with Gasteiger partial charge in [0.05, 0.1) is 6.61 Å². The van der Waals surface area contributed by atoms with Crippen LogP contribution in [0.4, 0.5) is 5.69 Å². The lowest BCUT2D eigenvalue weighted by Gasteiger charge is -2.38. The minimum Gasteiger partial charge on any atom is -0.368 e. The van der Waals surface area contributed by atoms with Crippen LogP contribution in [0.2, 0.25) is 0 Å². The lowest BCUT2D eigenvalue weighted by atomic mass is 9.98. The second-order valence-corrected chi connectivity index (χ2v) is 5.27. The van der Waals surface area contributed by atoms with E-state index in [1.165, 1.54) is 36.1 Å². The van der Waals surface area contributed by atoms with E-state index in [0.29, 0.717) is 12.6 Å². The summed E-state index contributed by atoms with van der Waals surface area (Å²) in [5.41, 5.74) is 4.07. The van der Waals surface area contributed by atoms with Crippen LogP contribution < -0.4 is 10.8 Å². The normalized spacial score (nSPS) is 20.2. The number of nitrogens with zero attached hydrogens (tertiary/aromatic N) is 1. The van der Waals surface area contributed by atoms with Crippen LogP contribution >= 0.6 is 0 Å². The van der Waals surface area contributed by atoms with Crippen molar-refractivity contribution in [2.24, 2.45) is 5.90 Å². The first-order valence-corrected chi connectivity index (χ1v) is 6.88. The molecule has 1 atom stereocenters. The third kappa shape index (κ3) is 3.03. The molecule has 18 heavy (non-hydrogen) atoms. The lowest BCUT2D eigenvalue weighted by molar-refractivity contribution is 0.127. The monoisotopic (exact) mass is 248 g/mol. The van der Waals surface area contributed by atoms with Crippen molar-refractivity contribution in [3.8, 4) is 0 Å². The van der Waals surface area contributed by atoms with E-state index in [9.17, 15) is 0 Å². The van der Waals surface area contributed by atoms with Gasteiger partial charge in [0.1, 0.15) is 0 Å². The predicted octanol–water partition coefficient (Wildman–Crippen LogP) is 2.94. The fourth-order valence-electron chi connectivity index (χ4n) is 2.75. The molecule has 1 aliphatic rings. The van der Waals surface area contributed by atoms with E-state index in [4.69, 9.17) is 10.7 Å². The maximum Gasteiger partial charge on any atom is 0.0698 e. The summed E-state index contributed by atoms with van der Waals surface area (Å²) < 4.78 is 0. The van der Waals surface area contributed by atoms with Gasteiger partial charge in [-0.3, -0.25) is 0 Å². The van der Waals surface area contributed by atoms with Crippen molar-refractivity contribution in [2.75, 3.05) is 18.1 Å². The molecule has 1 aromatic rings. The fourth-order valence-corrected chi connectivity index (χ4v) is 2.75. The molecule has 2 N–H and O–H groups in total. The van der Waals surface area contributed by atoms with Crippen molar-refractivity contribution in [1.29, 1.82) is 0 Å². The smallest absolute Gasteiger partial charge is 0.0698 e. The lowest BCUT2D eigenvalue weighted by Crippen LogP contribution is -2.40. The van der Waals surface area contributed by atoms with Crippen molar-refractivity contribution in [3.05, 3.63) is 29.3 Å². The number of benzene rings is 1. The van der Waals surface area contributed by atoms with E-state index in [2.05, 4.69) is 36.9 Å². The predicted molar refractivity (Wildman–Crippen MR) is 75.7 cm³/mol. The first-order valence-electron chi connectivity index (χ1n) is 6.88. The summed E-state index contributed by atoms with van der Waals surface area (Å²) in [6, 6.07) is 7.33. The topological polar surface area (TPSA) is 38.5 Å². The number of rotatable bonds is 4. The summed E-state index contributed by atoms with van der Waals surface area (Å²) in [4.78, 5) is 7.27. The van der Waals surface area contributed by atoms with Gasteiger partial charge in [-0.05, 0) is 62.8 Å². The second kappa shape index (κ2) is 6.21. The average Bonchev–Trinajstić information content (AvgIpc) is 2.40. The highest BCUT2D eigenvalue weighted by atomic mass is 16.6. The Balaban J connectivity index is 2.14. The summed E-state index contributed by atoms with van der Waals surface area (Å²) >= 11 is 0. The van der Waals surface area contributed by atoms with Crippen molar-refractivity contribution >= 4 is 5.69 Å². The Morgan fingerprint density at radius 2 is 2.11 bits per heavy atom. The van der Waals surface area contributed by atoms with Gasteiger partial charge in [-0.15, -0.1) is 0 Å². The molecular formula is C15H24N2O. The van der Waals surface area contributed by atoms with Gasteiger partial charge in [-0.25, -0.2) is 5.90 Å². The van der Waals surface area contributed by atoms with Gasteiger partial charge in [0.25, 0.3) is 0 Å². The molecule has 3 heteroatoms. The zero-order valence-electron chi connectivity index (χ0n) is 11.5. The molecule has 100 valence electrons. The number of aryl methyl sites for hydroxylation is 2. The molecule has 1 aromatic carbocycles. The van der Waals surface area contributed by atoms with E-state index in [-0.39, 0.29) is 0 Å². The van der Waals surface area contributed by atoms with Crippen molar-refractivity contribution in [1.82, 2.24) is 0 Å². The Morgan fingerprint density at radius 3 is 2.83 bits per heavy atom. The van der Waals surface area contributed by atoms with Gasteiger partial charge in [-0.1, -0.05) is 6.07 Å². The van der Waals surface area contributed by atoms with Crippen LogP contribution in [0, 0.1) is 13.8 Å². The van der Waals surface area contributed by atoms with Crippen LogP contribution in [-0.4, -0.2) is 19.2 Å². The summed E-state index contributed by atoms with van der Waals surface area (Å²) in [5.74, 6) is 5.16. The highest BCUT2D eigenvalue weighted by Crippen LogP contribution is 2.27. The Labute approximate surface area is 110 Å². The Bertz CT molecular complexity index is 392. The van der Waals surface area contributed by atoms with Crippen molar-refractivity contribution in [2.45, 2.75) is 45.6 Å². The first-order chi connectivity index (χ1) is 8.72. The van der Waals surface area contributed by atoms with Crippen molar-refractivity contribution < 1.29 is 4.84 Å². The van der Waals surface area contributed by atoms with Crippen molar-refractivity contribution in [3.63, 3.8) is 0 Å². The van der Waals surface area contributed by atoms with E-state index in [0.717, 1.165) is 13.0 Å². The minimum absolute atomic E-state index is 0.574. The quantitative estimate of drug-likeness (QED) is 0.833. The number of hydrogen-bond acceptors (Lipinski definition) is 3. The number of hydrogen-bond donors (Lipinski definition) is 1. The molecule has 2 rings (SSSR count). The summed E-state index contributed by atoms with van der Waals surface area (Å²) in [6.07, 6.45) is 4.86. The molecule has 1 fully saturated rings. The third-order valence-corrected chi connectivity index (χ3v) is 4.02. The van der Waals surface area contributed by atoms with Gasteiger partial charge in [0, 0.05) is 18.3 Å². The van der Waals surface area contributed by atoms with Crippen LogP contribution in [-0.2, 0) is 4.84 Å². The molecular weight excluding hydrogens is 224 g/mol. The molecule has 0 aromatic heterocycles. The largest absolute Gasteiger partial charge is 0.368 e. The highest BCUT2D eigenvalue weighted by molar-refractivity contribution is 5.51. The van der Waals surface area contributed by atoms with Gasteiger partial charge in [0.15, 0.2) is 0 Å². The fraction of sp³-hybridized carbons (Fsp3) is 0.600. The third-order valence-electron chi connectivity index (χ3n) is 4.02. The second-order valence-electron chi connectivity index (χ2n) is 5.27. The van der Waals surface area contributed by atoms with Gasteiger partial charge < -0.3 is 9.74 Å². The maximum atomic E-state index is 5.16. The molecule has 0 radical (unpaired) electrons. The molecule has 1 unspecified atom stereocenters. The molecule has 1 heterocycles. The van der Waals surface area contributed by atoms with Gasteiger partial charge >= 0.3 is 0 Å². The van der Waals surface area contributed by atoms with Crippen LogP contribution in [0.5, 0.6) is 0 Å². The van der Waals surface area contributed by atoms with E-state index < -0.39 is 0 Å². The SMILES string of the molecule is Cc1ccc(N2CCCCC2CCON)cc1C. The van der Waals surface area contributed by atoms with Crippen LogP contribution in [0.1, 0.15) is 36.8 Å². The van der Waals surface area contributed by atoms with E-state index in [1.54, 1.807) is 0 Å². The van der Waals surface area contributed by atoms with E-state index in [1.807, 2.05) is 0 Å². The van der Waals surface area contributed by atoms with Gasteiger partial charge in [0.2, 0.25) is 0 Å². The van der Waals surface area contributed by atoms with Crippen LogP contribution in [0.3, 0.4) is 0 Å². The van der Waals surface area contributed by atoms with Crippen LogP contribution in [0.25, 0.3) is 0 Å². The summed E-state index contributed by atoms with van der Waals surface area (Å²) in [7, 11) is 0. The Morgan fingerprint density at radius 1 is 1.28 bits per heavy atom. The highest BCUT2D eigenvalue weighted by Gasteiger charge is 2.22. The minimum atomic E-state index is 0.574. The zero-order valence-corrected chi connectivity index (χ0v) is 11.5. The maximum absolute atomic E-state index is 5.16. The standard InChI is InChI=1S/C15H24N2O/c1-12-6-7-15(11-13(12)2)17-9-4-3-5-14(17)8-10-18-16/h6-7,11,14H,3-5,8-10,16H2,1-2H3. The Hall–Kier alpha value is -1.06. The van der Waals surface area contributed by atoms with E-state index >= 15 is 0 Å². The number of nitrogens with two attached hydrogens (primary N) is 1. The number of piperidine rings is 1. The first kappa shape index (κ1) is 13.4. The molecule has 1 saturated heterocycles. The summed E-state index contributed by atoms with van der Waals surface area (Å²) in [5, 5.41) is 0. The molecule has 0 aliphatic carbocycles. The van der Waals surface area contributed by atoms with Crippen LogP contribution in [0.15, 0.2) is 18.2 Å². The average molecular weight is 248 g/mol. The molecule has 0 spiro atoms. The molecule has 0 saturated carbocycles. The molecule has 0 bridgehead atoms. The molecule has 0 amide bonds. The summed E-state index contributed by atoms with van der Waals surface area (Å²) in [6.45, 7) is 6.14. The molecule has 1 aliphatic heterocycles. The Kier molecular flexibility index (Phi) is 4.61. The number of anilines is 1. The zero-order chi connectivity index (χ0) is 13.0. The van der Waals surface area contributed by atoms with Gasteiger partial charge in [-0.2, -0.15) is 0 Å².